The summed E-state index contributed by atoms with van der Waals surface area (Å²) in [4.78, 5) is 12.1. The van der Waals surface area contributed by atoms with Crippen molar-refractivity contribution in [2.24, 2.45) is 0 Å². The molecule has 1 fully saturated rings. The largest absolute Gasteiger partial charge is 0.388 e. The summed E-state index contributed by atoms with van der Waals surface area (Å²) >= 11 is 0. The number of aliphatic hydroxyl groups is 1. The van der Waals surface area contributed by atoms with E-state index in [1.165, 1.54) is 6.42 Å². The predicted octanol–water partition coefficient (Wildman–Crippen LogP) is 2.16. The van der Waals surface area contributed by atoms with Crippen molar-refractivity contribution in [3.05, 3.63) is 17.0 Å². The Labute approximate surface area is 143 Å². The Kier molecular flexibility index (Phi) is 6.38. The van der Waals surface area contributed by atoms with Crippen molar-refractivity contribution in [1.29, 1.82) is 5.26 Å². The molecule has 6 heteroatoms. The van der Waals surface area contributed by atoms with Crippen molar-refractivity contribution in [2.75, 3.05) is 6.54 Å². The first kappa shape index (κ1) is 18.5. The number of nitrogens with one attached hydrogen (secondary N) is 1. The van der Waals surface area contributed by atoms with Crippen LogP contribution in [0, 0.1) is 25.2 Å². The monoisotopic (exact) mass is 332 g/mol. The maximum atomic E-state index is 12.1. The van der Waals surface area contributed by atoms with E-state index in [1.54, 1.807) is 0 Å². The number of rotatable bonds is 7. The summed E-state index contributed by atoms with van der Waals surface area (Å²) in [5, 5.41) is 26.5. The standard InChI is InChI=1S/C18H28N4O2/c1-14-16(15(2)22(21-14)12-6-11-19)7-8-17(23)20-13-18(24)9-4-3-5-10-18/h24H,3-10,12-13H2,1-2H3,(H,20,23). The van der Waals surface area contributed by atoms with Crippen LogP contribution in [-0.2, 0) is 17.8 Å². The highest BCUT2D eigenvalue weighted by molar-refractivity contribution is 5.76. The molecule has 6 nitrogen and oxygen atoms in total. The SMILES string of the molecule is Cc1nn(CCC#N)c(C)c1CCC(=O)NCC1(O)CCCCC1. The van der Waals surface area contributed by atoms with Crippen LogP contribution in [-0.4, -0.2) is 32.9 Å². The van der Waals surface area contributed by atoms with Crippen LogP contribution in [0.5, 0.6) is 0 Å². The minimum Gasteiger partial charge on any atom is -0.388 e. The lowest BCUT2D eigenvalue weighted by Crippen LogP contribution is -2.44. The van der Waals surface area contributed by atoms with Crippen LogP contribution in [0.4, 0.5) is 0 Å². The van der Waals surface area contributed by atoms with Crippen molar-refractivity contribution >= 4 is 5.91 Å². The second-order valence-electron chi connectivity index (χ2n) is 6.84. The summed E-state index contributed by atoms with van der Waals surface area (Å²) in [6.45, 7) is 4.86. The highest BCUT2D eigenvalue weighted by Crippen LogP contribution is 2.27. The van der Waals surface area contributed by atoms with Crippen LogP contribution < -0.4 is 5.32 Å². The molecular formula is C18H28N4O2. The number of amides is 1. The fourth-order valence-electron chi connectivity index (χ4n) is 3.45. The van der Waals surface area contributed by atoms with Crippen LogP contribution in [0.15, 0.2) is 0 Å². The van der Waals surface area contributed by atoms with Gasteiger partial charge in [0.1, 0.15) is 0 Å². The highest BCUT2D eigenvalue weighted by Gasteiger charge is 2.29. The van der Waals surface area contributed by atoms with Crippen molar-refractivity contribution in [3.63, 3.8) is 0 Å². The summed E-state index contributed by atoms with van der Waals surface area (Å²) in [5.74, 6) is -0.0300. The average Bonchev–Trinajstić information content (AvgIpc) is 2.83. The van der Waals surface area contributed by atoms with Gasteiger partial charge in [-0.2, -0.15) is 10.4 Å². The number of carbonyl (C=O) groups is 1. The Hall–Kier alpha value is -1.87. The summed E-state index contributed by atoms with van der Waals surface area (Å²) in [5.41, 5.74) is 2.31. The van der Waals surface area contributed by atoms with Crippen LogP contribution in [0.2, 0.25) is 0 Å². The molecule has 0 aliphatic heterocycles. The van der Waals surface area contributed by atoms with Gasteiger partial charge in [-0.15, -0.1) is 0 Å². The number of hydrogen-bond acceptors (Lipinski definition) is 4. The average molecular weight is 332 g/mol. The normalized spacial score (nSPS) is 16.6. The zero-order valence-corrected chi connectivity index (χ0v) is 14.8. The second kappa shape index (κ2) is 8.29. The Balaban J connectivity index is 1.83. The third kappa shape index (κ3) is 4.81. The van der Waals surface area contributed by atoms with Gasteiger partial charge in [-0.3, -0.25) is 9.48 Å². The number of nitriles is 1. The molecule has 0 unspecified atom stereocenters. The Morgan fingerprint density at radius 2 is 2.08 bits per heavy atom. The molecule has 1 amide bonds. The third-order valence-corrected chi connectivity index (χ3v) is 4.97. The zero-order valence-electron chi connectivity index (χ0n) is 14.8. The molecular weight excluding hydrogens is 304 g/mol. The lowest BCUT2D eigenvalue weighted by Gasteiger charge is -2.32. The van der Waals surface area contributed by atoms with Gasteiger partial charge in [-0.05, 0) is 38.7 Å². The Morgan fingerprint density at radius 3 is 2.75 bits per heavy atom. The molecule has 2 rings (SSSR count). The minimum atomic E-state index is -0.720. The van der Waals surface area contributed by atoms with Gasteiger partial charge in [0.2, 0.25) is 5.91 Å². The van der Waals surface area contributed by atoms with Crippen LogP contribution in [0.1, 0.15) is 61.9 Å². The third-order valence-electron chi connectivity index (χ3n) is 4.97. The summed E-state index contributed by atoms with van der Waals surface area (Å²) in [7, 11) is 0. The molecule has 132 valence electrons. The van der Waals surface area contributed by atoms with Crippen molar-refractivity contribution < 1.29 is 9.90 Å². The molecule has 0 radical (unpaired) electrons. The molecule has 0 bridgehead atoms. The van der Waals surface area contributed by atoms with Crippen LogP contribution in [0.3, 0.4) is 0 Å². The van der Waals surface area contributed by atoms with E-state index in [0.29, 0.717) is 32.4 Å². The maximum Gasteiger partial charge on any atom is 0.220 e. The molecule has 1 saturated carbocycles. The Bertz CT molecular complexity index is 609. The van der Waals surface area contributed by atoms with E-state index in [0.717, 1.165) is 42.6 Å². The quantitative estimate of drug-likeness (QED) is 0.800. The van der Waals surface area contributed by atoms with Crippen molar-refractivity contribution in [3.8, 4) is 6.07 Å². The van der Waals surface area contributed by atoms with E-state index in [4.69, 9.17) is 5.26 Å². The van der Waals surface area contributed by atoms with Crippen molar-refractivity contribution in [1.82, 2.24) is 15.1 Å². The van der Waals surface area contributed by atoms with E-state index in [-0.39, 0.29) is 5.91 Å². The zero-order chi connectivity index (χ0) is 17.6. The molecule has 24 heavy (non-hydrogen) atoms. The van der Waals surface area contributed by atoms with E-state index < -0.39 is 5.60 Å². The van der Waals surface area contributed by atoms with E-state index in [1.807, 2.05) is 18.5 Å². The molecule has 1 aliphatic rings. The van der Waals surface area contributed by atoms with Gasteiger partial charge in [-0.25, -0.2) is 0 Å². The molecule has 0 saturated heterocycles. The fraction of sp³-hybridized carbons (Fsp3) is 0.722. The molecule has 1 heterocycles. The first-order valence-corrected chi connectivity index (χ1v) is 8.84. The number of carbonyl (C=O) groups excluding carboxylic acids is 1. The first-order valence-electron chi connectivity index (χ1n) is 8.84. The van der Waals surface area contributed by atoms with E-state index >= 15 is 0 Å². The molecule has 1 aromatic rings. The van der Waals surface area contributed by atoms with Crippen molar-refractivity contribution in [2.45, 2.75) is 77.4 Å². The maximum absolute atomic E-state index is 12.1. The molecule has 2 N–H and O–H groups in total. The second-order valence-corrected chi connectivity index (χ2v) is 6.84. The number of nitrogens with zero attached hydrogens (tertiary/aromatic N) is 3. The van der Waals surface area contributed by atoms with Gasteiger partial charge in [0.05, 0.1) is 30.3 Å². The lowest BCUT2D eigenvalue weighted by atomic mass is 9.85. The minimum absolute atomic E-state index is 0.0300. The Morgan fingerprint density at radius 1 is 1.38 bits per heavy atom. The molecule has 1 aromatic heterocycles. The van der Waals surface area contributed by atoms with E-state index in [2.05, 4.69) is 16.5 Å². The lowest BCUT2D eigenvalue weighted by molar-refractivity contribution is -0.122. The van der Waals surface area contributed by atoms with Gasteiger partial charge in [0.15, 0.2) is 0 Å². The first-order chi connectivity index (χ1) is 11.4. The van der Waals surface area contributed by atoms with Gasteiger partial charge < -0.3 is 10.4 Å². The summed E-state index contributed by atoms with van der Waals surface area (Å²) in [6, 6.07) is 2.13. The number of hydrogen-bond donors (Lipinski definition) is 2. The molecule has 0 atom stereocenters. The number of aromatic nitrogens is 2. The molecule has 0 spiro atoms. The van der Waals surface area contributed by atoms with Gasteiger partial charge in [0, 0.05) is 18.7 Å². The topological polar surface area (TPSA) is 90.9 Å². The molecule has 0 aromatic carbocycles. The van der Waals surface area contributed by atoms with E-state index in [9.17, 15) is 9.90 Å². The van der Waals surface area contributed by atoms with Gasteiger partial charge in [-0.1, -0.05) is 19.3 Å². The van der Waals surface area contributed by atoms with Gasteiger partial charge >= 0.3 is 0 Å². The fourth-order valence-corrected chi connectivity index (χ4v) is 3.45. The molecule has 1 aliphatic carbocycles. The highest BCUT2D eigenvalue weighted by atomic mass is 16.3. The number of aryl methyl sites for hydroxylation is 2. The van der Waals surface area contributed by atoms with Crippen LogP contribution >= 0.6 is 0 Å². The summed E-state index contributed by atoms with van der Waals surface area (Å²) in [6.07, 6.45) is 6.24. The predicted molar refractivity (Wildman–Crippen MR) is 91.3 cm³/mol. The smallest absolute Gasteiger partial charge is 0.220 e. The van der Waals surface area contributed by atoms with Crippen LogP contribution in [0.25, 0.3) is 0 Å². The summed E-state index contributed by atoms with van der Waals surface area (Å²) < 4.78 is 1.84. The van der Waals surface area contributed by atoms with Gasteiger partial charge in [0.25, 0.3) is 0 Å².